The standard InChI is InChI=1S/C22H17F3N2O2S/c1-2-26-16-11-10-15(22(23,24)25)13-17(16)27(18-9-6-12-30-18)21(29)19(20(26)28)14-7-4-3-5-8-14/h3-13,19H,2H2,1H3. The minimum atomic E-state index is -4.58. The smallest absolute Gasteiger partial charge is 0.310 e. The number of alkyl halides is 3. The van der Waals surface area contributed by atoms with E-state index in [2.05, 4.69) is 0 Å². The highest BCUT2D eigenvalue weighted by Gasteiger charge is 2.43. The number of fused-ring (bicyclic) bond motifs is 1. The Bertz CT molecular complexity index is 1080. The van der Waals surface area contributed by atoms with Gasteiger partial charge in [-0.3, -0.25) is 14.5 Å². The summed E-state index contributed by atoms with van der Waals surface area (Å²) in [5, 5.41) is 2.19. The largest absolute Gasteiger partial charge is 0.416 e. The fraction of sp³-hybridized carbons (Fsp3) is 0.182. The zero-order chi connectivity index (χ0) is 21.5. The van der Waals surface area contributed by atoms with E-state index in [1.54, 1.807) is 54.8 Å². The number of benzene rings is 2. The van der Waals surface area contributed by atoms with Gasteiger partial charge in [0.15, 0.2) is 0 Å². The number of carbonyl (C=O) groups excluding carboxylic acids is 2. The summed E-state index contributed by atoms with van der Waals surface area (Å²) in [6, 6.07) is 15.1. The molecule has 4 nitrogen and oxygen atoms in total. The molecule has 1 atom stereocenters. The lowest BCUT2D eigenvalue weighted by atomic mass is 9.96. The molecule has 0 bridgehead atoms. The molecule has 0 saturated heterocycles. The Morgan fingerprint density at radius 2 is 1.67 bits per heavy atom. The van der Waals surface area contributed by atoms with Crippen LogP contribution in [0.3, 0.4) is 0 Å². The Hall–Kier alpha value is -3.13. The third kappa shape index (κ3) is 3.37. The highest BCUT2D eigenvalue weighted by molar-refractivity contribution is 7.14. The van der Waals surface area contributed by atoms with Crippen molar-refractivity contribution in [1.82, 2.24) is 0 Å². The molecule has 0 saturated carbocycles. The fourth-order valence-electron chi connectivity index (χ4n) is 3.62. The van der Waals surface area contributed by atoms with Crippen molar-refractivity contribution in [2.45, 2.75) is 19.0 Å². The van der Waals surface area contributed by atoms with Gasteiger partial charge in [-0.2, -0.15) is 13.2 Å². The van der Waals surface area contributed by atoms with Gasteiger partial charge in [0.25, 0.3) is 0 Å². The lowest BCUT2D eigenvalue weighted by molar-refractivity contribution is -0.137. The van der Waals surface area contributed by atoms with Gasteiger partial charge in [0, 0.05) is 6.54 Å². The molecular formula is C22H17F3N2O2S. The number of amides is 2. The molecule has 4 rings (SSSR count). The summed E-state index contributed by atoms with van der Waals surface area (Å²) >= 11 is 1.22. The molecule has 0 N–H and O–H groups in total. The molecule has 1 unspecified atom stereocenters. The van der Waals surface area contributed by atoms with Gasteiger partial charge in [0.05, 0.1) is 16.9 Å². The van der Waals surface area contributed by atoms with E-state index in [1.807, 2.05) is 0 Å². The maximum Gasteiger partial charge on any atom is 0.416 e. The third-order valence-electron chi connectivity index (χ3n) is 4.99. The number of hydrogen-bond donors (Lipinski definition) is 0. The van der Waals surface area contributed by atoms with E-state index in [9.17, 15) is 22.8 Å². The van der Waals surface area contributed by atoms with Crippen LogP contribution in [0.2, 0.25) is 0 Å². The summed E-state index contributed by atoms with van der Waals surface area (Å²) in [5.41, 5.74) is -0.0600. The van der Waals surface area contributed by atoms with Gasteiger partial charge < -0.3 is 4.90 Å². The number of halogens is 3. The molecule has 0 aliphatic carbocycles. The SMILES string of the molecule is CCN1C(=O)C(c2ccccc2)C(=O)N(c2cccs2)c2cc(C(F)(F)F)ccc21. The van der Waals surface area contributed by atoms with E-state index in [0.29, 0.717) is 10.6 Å². The van der Waals surface area contributed by atoms with Crippen LogP contribution >= 0.6 is 11.3 Å². The number of hydrogen-bond acceptors (Lipinski definition) is 3. The molecule has 0 radical (unpaired) electrons. The molecule has 3 aromatic rings. The zero-order valence-corrected chi connectivity index (χ0v) is 16.7. The number of thiophene rings is 1. The second-order valence-electron chi connectivity index (χ2n) is 6.75. The van der Waals surface area contributed by atoms with E-state index in [-0.39, 0.29) is 17.9 Å². The van der Waals surface area contributed by atoms with Gasteiger partial charge in [0.1, 0.15) is 10.9 Å². The molecule has 1 aromatic heterocycles. The normalized spacial score (nSPS) is 17.1. The fourth-order valence-corrected chi connectivity index (χ4v) is 4.36. The Morgan fingerprint density at radius 1 is 0.933 bits per heavy atom. The lowest BCUT2D eigenvalue weighted by Gasteiger charge is -2.25. The van der Waals surface area contributed by atoms with Gasteiger partial charge >= 0.3 is 6.18 Å². The maximum atomic E-state index is 13.6. The Morgan fingerprint density at radius 3 is 2.27 bits per heavy atom. The molecule has 8 heteroatoms. The summed E-state index contributed by atoms with van der Waals surface area (Å²) < 4.78 is 40.3. The Balaban J connectivity index is 1.99. The van der Waals surface area contributed by atoms with Crippen LogP contribution in [0.1, 0.15) is 24.0 Å². The quantitative estimate of drug-likeness (QED) is 0.509. The van der Waals surface area contributed by atoms with Crippen LogP contribution < -0.4 is 9.80 Å². The summed E-state index contributed by atoms with van der Waals surface area (Å²) in [6.45, 7) is 1.94. The van der Waals surface area contributed by atoms with Crippen molar-refractivity contribution in [2.75, 3.05) is 16.3 Å². The van der Waals surface area contributed by atoms with Crippen LogP contribution in [-0.2, 0) is 15.8 Å². The molecule has 1 aliphatic heterocycles. The first-order valence-corrected chi connectivity index (χ1v) is 10.2. The monoisotopic (exact) mass is 430 g/mol. The lowest BCUT2D eigenvalue weighted by Crippen LogP contribution is -2.39. The first-order valence-electron chi connectivity index (χ1n) is 9.28. The number of likely N-dealkylation sites (N-methyl/N-ethyl adjacent to an activating group) is 1. The Kier molecular flexibility index (Phi) is 5.11. The zero-order valence-electron chi connectivity index (χ0n) is 15.9. The summed E-state index contributed by atoms with van der Waals surface area (Å²) in [6.07, 6.45) is -4.58. The summed E-state index contributed by atoms with van der Waals surface area (Å²) in [5.74, 6) is -2.20. The average molecular weight is 430 g/mol. The van der Waals surface area contributed by atoms with E-state index in [1.165, 1.54) is 27.2 Å². The molecule has 0 fully saturated rings. The second-order valence-corrected chi connectivity index (χ2v) is 7.68. The van der Waals surface area contributed by atoms with Crippen molar-refractivity contribution in [3.63, 3.8) is 0 Å². The van der Waals surface area contributed by atoms with Crippen LogP contribution in [0.5, 0.6) is 0 Å². The number of anilines is 3. The van der Waals surface area contributed by atoms with E-state index in [4.69, 9.17) is 0 Å². The highest BCUT2D eigenvalue weighted by Crippen LogP contribution is 2.45. The van der Waals surface area contributed by atoms with Gasteiger partial charge in [-0.25, -0.2) is 0 Å². The van der Waals surface area contributed by atoms with E-state index in [0.717, 1.165) is 12.1 Å². The minimum absolute atomic E-state index is 0.0471. The first-order chi connectivity index (χ1) is 14.3. The third-order valence-corrected chi connectivity index (χ3v) is 5.84. The molecular weight excluding hydrogens is 413 g/mol. The van der Waals surface area contributed by atoms with Gasteiger partial charge in [-0.05, 0) is 48.2 Å². The van der Waals surface area contributed by atoms with Crippen LogP contribution in [0.25, 0.3) is 0 Å². The average Bonchev–Trinajstić information content (AvgIpc) is 3.21. The van der Waals surface area contributed by atoms with Crippen LogP contribution in [0.15, 0.2) is 66.0 Å². The van der Waals surface area contributed by atoms with Crippen molar-refractivity contribution in [1.29, 1.82) is 0 Å². The first kappa shape index (κ1) is 20.2. The van der Waals surface area contributed by atoms with Crippen molar-refractivity contribution in [3.05, 3.63) is 77.2 Å². The minimum Gasteiger partial charge on any atom is -0.310 e. The van der Waals surface area contributed by atoms with Crippen LogP contribution in [0.4, 0.5) is 29.5 Å². The molecule has 2 amide bonds. The van der Waals surface area contributed by atoms with Gasteiger partial charge in [-0.15, -0.1) is 11.3 Å². The predicted molar refractivity (Wildman–Crippen MR) is 110 cm³/mol. The van der Waals surface area contributed by atoms with Crippen LogP contribution in [-0.4, -0.2) is 18.4 Å². The van der Waals surface area contributed by atoms with Crippen LogP contribution in [0, 0.1) is 0 Å². The van der Waals surface area contributed by atoms with Crippen molar-refractivity contribution >= 4 is 39.5 Å². The number of carbonyl (C=O) groups is 2. The topological polar surface area (TPSA) is 40.6 Å². The van der Waals surface area contributed by atoms with Gasteiger partial charge in [0.2, 0.25) is 11.8 Å². The molecule has 1 aliphatic rings. The second kappa shape index (κ2) is 7.60. The summed E-state index contributed by atoms with van der Waals surface area (Å²) in [7, 11) is 0. The molecule has 30 heavy (non-hydrogen) atoms. The molecule has 2 heterocycles. The molecule has 154 valence electrons. The van der Waals surface area contributed by atoms with Crippen molar-refractivity contribution in [2.24, 2.45) is 0 Å². The summed E-state index contributed by atoms with van der Waals surface area (Å²) in [4.78, 5) is 29.7. The van der Waals surface area contributed by atoms with E-state index >= 15 is 0 Å². The van der Waals surface area contributed by atoms with Gasteiger partial charge in [-0.1, -0.05) is 30.3 Å². The maximum absolute atomic E-state index is 13.6. The molecule has 0 spiro atoms. The Labute approximate surface area is 175 Å². The predicted octanol–water partition coefficient (Wildman–Crippen LogP) is 5.58. The molecule has 2 aromatic carbocycles. The van der Waals surface area contributed by atoms with Crippen molar-refractivity contribution < 1.29 is 22.8 Å². The highest BCUT2D eigenvalue weighted by atomic mass is 32.1. The van der Waals surface area contributed by atoms with E-state index < -0.39 is 29.5 Å². The number of nitrogens with zero attached hydrogens (tertiary/aromatic N) is 2. The van der Waals surface area contributed by atoms with Crippen molar-refractivity contribution in [3.8, 4) is 0 Å². The number of rotatable bonds is 3.